The van der Waals surface area contributed by atoms with Gasteiger partial charge in [-0.25, -0.2) is 4.98 Å². The van der Waals surface area contributed by atoms with Crippen LogP contribution in [0.5, 0.6) is 0 Å². The summed E-state index contributed by atoms with van der Waals surface area (Å²) in [5.41, 5.74) is 1.80. The number of rotatable bonds is 3. The second-order valence-corrected chi connectivity index (χ2v) is 6.92. The summed E-state index contributed by atoms with van der Waals surface area (Å²) in [6.07, 6.45) is 2.24. The van der Waals surface area contributed by atoms with Crippen molar-refractivity contribution in [3.05, 3.63) is 65.2 Å². The molecule has 2 atom stereocenters. The average Bonchev–Trinajstić information content (AvgIpc) is 2.69. The SMILES string of the molecule is CC1COCCC1C(=O)Nc1ccc2ncn(-c3ccccc3)c(=O)c2c1. The predicted octanol–water partition coefficient (Wildman–Crippen LogP) is 3.00. The smallest absolute Gasteiger partial charge is 0.265 e. The number of anilines is 1. The molecule has 0 aliphatic carbocycles. The topological polar surface area (TPSA) is 73.2 Å². The lowest BCUT2D eigenvalue weighted by Gasteiger charge is -2.27. The molecule has 6 heteroatoms. The minimum absolute atomic E-state index is 0.0302. The van der Waals surface area contributed by atoms with Crippen molar-refractivity contribution in [3.63, 3.8) is 0 Å². The van der Waals surface area contributed by atoms with Crippen molar-refractivity contribution in [2.24, 2.45) is 11.8 Å². The summed E-state index contributed by atoms with van der Waals surface area (Å²) in [5.74, 6) is 0.0675. The first-order chi connectivity index (χ1) is 13.1. The number of hydrogen-bond donors (Lipinski definition) is 1. The Morgan fingerprint density at radius 1 is 1.22 bits per heavy atom. The van der Waals surface area contributed by atoms with Gasteiger partial charge in [-0.2, -0.15) is 0 Å². The van der Waals surface area contributed by atoms with E-state index in [0.29, 0.717) is 36.2 Å². The molecule has 2 unspecified atom stereocenters. The maximum absolute atomic E-state index is 12.9. The van der Waals surface area contributed by atoms with Gasteiger partial charge in [0.25, 0.3) is 5.56 Å². The quantitative estimate of drug-likeness (QED) is 0.776. The first kappa shape index (κ1) is 17.4. The van der Waals surface area contributed by atoms with E-state index in [1.54, 1.807) is 18.2 Å². The number of benzene rings is 2. The number of nitrogens with zero attached hydrogens (tertiary/aromatic N) is 2. The maximum atomic E-state index is 12.9. The molecule has 138 valence electrons. The van der Waals surface area contributed by atoms with E-state index in [0.717, 1.165) is 5.69 Å². The fourth-order valence-electron chi connectivity index (χ4n) is 3.48. The van der Waals surface area contributed by atoms with E-state index in [1.165, 1.54) is 10.9 Å². The number of carbonyl (C=O) groups is 1. The third-order valence-corrected chi connectivity index (χ3v) is 5.04. The monoisotopic (exact) mass is 363 g/mol. The normalized spacial score (nSPS) is 19.7. The van der Waals surface area contributed by atoms with Crippen molar-refractivity contribution in [1.29, 1.82) is 0 Å². The molecule has 1 aliphatic rings. The molecule has 0 bridgehead atoms. The second-order valence-electron chi connectivity index (χ2n) is 6.92. The third kappa shape index (κ3) is 3.48. The van der Waals surface area contributed by atoms with E-state index in [4.69, 9.17) is 4.74 Å². The molecule has 27 heavy (non-hydrogen) atoms. The Morgan fingerprint density at radius 2 is 2.04 bits per heavy atom. The number of amides is 1. The lowest BCUT2D eigenvalue weighted by atomic mass is 9.89. The Kier molecular flexibility index (Phi) is 4.73. The zero-order valence-corrected chi connectivity index (χ0v) is 15.1. The van der Waals surface area contributed by atoms with Crippen molar-refractivity contribution in [3.8, 4) is 5.69 Å². The molecule has 0 saturated carbocycles. The molecular weight excluding hydrogens is 342 g/mol. The van der Waals surface area contributed by atoms with Crippen LogP contribution < -0.4 is 10.9 Å². The van der Waals surface area contributed by atoms with Crippen LogP contribution in [-0.2, 0) is 9.53 Å². The summed E-state index contributed by atoms with van der Waals surface area (Å²) in [7, 11) is 0. The van der Waals surface area contributed by atoms with E-state index < -0.39 is 0 Å². The highest BCUT2D eigenvalue weighted by molar-refractivity contribution is 5.95. The van der Waals surface area contributed by atoms with Gasteiger partial charge in [-0.1, -0.05) is 25.1 Å². The molecule has 3 aromatic rings. The predicted molar refractivity (Wildman–Crippen MR) is 104 cm³/mol. The largest absolute Gasteiger partial charge is 0.381 e. The first-order valence-electron chi connectivity index (χ1n) is 9.09. The van der Waals surface area contributed by atoms with Gasteiger partial charge in [-0.3, -0.25) is 14.2 Å². The zero-order valence-electron chi connectivity index (χ0n) is 15.1. The van der Waals surface area contributed by atoms with Gasteiger partial charge in [-0.15, -0.1) is 0 Å². The Morgan fingerprint density at radius 3 is 2.81 bits per heavy atom. The molecule has 1 aromatic heterocycles. The van der Waals surface area contributed by atoms with E-state index in [2.05, 4.69) is 10.3 Å². The molecule has 1 fully saturated rings. The second kappa shape index (κ2) is 7.32. The maximum Gasteiger partial charge on any atom is 0.265 e. The lowest BCUT2D eigenvalue weighted by Crippen LogP contribution is -2.35. The molecule has 0 spiro atoms. The van der Waals surface area contributed by atoms with E-state index in [1.807, 2.05) is 37.3 Å². The van der Waals surface area contributed by atoms with Crippen LogP contribution in [0.15, 0.2) is 59.7 Å². The fourth-order valence-corrected chi connectivity index (χ4v) is 3.48. The van der Waals surface area contributed by atoms with Crippen LogP contribution in [-0.4, -0.2) is 28.7 Å². The first-order valence-corrected chi connectivity index (χ1v) is 9.09. The van der Waals surface area contributed by atoms with Gasteiger partial charge in [0.05, 0.1) is 16.6 Å². The minimum Gasteiger partial charge on any atom is -0.381 e. The number of hydrogen-bond acceptors (Lipinski definition) is 4. The van der Waals surface area contributed by atoms with Crippen molar-refractivity contribution in [1.82, 2.24) is 9.55 Å². The fraction of sp³-hybridized carbons (Fsp3) is 0.286. The van der Waals surface area contributed by atoms with Crippen LogP contribution in [0.2, 0.25) is 0 Å². The highest BCUT2D eigenvalue weighted by Gasteiger charge is 2.28. The van der Waals surface area contributed by atoms with Crippen molar-refractivity contribution in [2.45, 2.75) is 13.3 Å². The summed E-state index contributed by atoms with van der Waals surface area (Å²) in [6.45, 7) is 3.22. The molecule has 2 aromatic carbocycles. The van der Waals surface area contributed by atoms with Crippen LogP contribution in [0.1, 0.15) is 13.3 Å². The van der Waals surface area contributed by atoms with Crippen LogP contribution in [0, 0.1) is 11.8 Å². The molecule has 2 heterocycles. The molecule has 1 aliphatic heterocycles. The van der Waals surface area contributed by atoms with Crippen LogP contribution >= 0.6 is 0 Å². The van der Waals surface area contributed by atoms with Gasteiger partial charge in [0.1, 0.15) is 6.33 Å². The number of carbonyl (C=O) groups excluding carboxylic acids is 1. The van der Waals surface area contributed by atoms with Gasteiger partial charge in [0.2, 0.25) is 5.91 Å². The molecule has 0 radical (unpaired) electrons. The van der Waals surface area contributed by atoms with Gasteiger partial charge in [0, 0.05) is 24.8 Å². The Balaban J connectivity index is 1.66. The number of aromatic nitrogens is 2. The number of ether oxygens (including phenoxy) is 1. The highest BCUT2D eigenvalue weighted by atomic mass is 16.5. The number of nitrogens with one attached hydrogen (secondary N) is 1. The molecule has 6 nitrogen and oxygen atoms in total. The van der Waals surface area contributed by atoms with Gasteiger partial charge >= 0.3 is 0 Å². The Bertz CT molecular complexity index is 1030. The molecule has 1 N–H and O–H groups in total. The van der Waals surface area contributed by atoms with Crippen LogP contribution in [0.25, 0.3) is 16.6 Å². The Labute approximate surface area is 156 Å². The summed E-state index contributed by atoms with van der Waals surface area (Å²) in [5, 5.41) is 3.42. The molecule has 1 amide bonds. The third-order valence-electron chi connectivity index (χ3n) is 5.04. The molecule has 4 rings (SSSR count). The van der Waals surface area contributed by atoms with Gasteiger partial charge in [-0.05, 0) is 42.7 Å². The van der Waals surface area contributed by atoms with Crippen LogP contribution in [0.3, 0.4) is 0 Å². The molecule has 1 saturated heterocycles. The summed E-state index contributed by atoms with van der Waals surface area (Å²) in [6, 6.07) is 14.6. The van der Waals surface area contributed by atoms with Gasteiger partial charge in [0.15, 0.2) is 0 Å². The van der Waals surface area contributed by atoms with Gasteiger partial charge < -0.3 is 10.1 Å². The number of para-hydroxylation sites is 1. The lowest BCUT2D eigenvalue weighted by molar-refractivity contribution is -0.125. The molecular formula is C21H21N3O3. The van der Waals surface area contributed by atoms with E-state index >= 15 is 0 Å². The zero-order chi connectivity index (χ0) is 18.8. The van der Waals surface area contributed by atoms with Crippen LogP contribution in [0.4, 0.5) is 5.69 Å². The van der Waals surface area contributed by atoms with E-state index in [-0.39, 0.29) is 23.3 Å². The minimum atomic E-state index is -0.165. The standard InChI is InChI=1S/C21H21N3O3/c1-14-12-27-10-9-17(14)20(25)23-15-7-8-19-18(11-15)21(26)24(13-22-19)16-5-3-2-4-6-16/h2-8,11,13-14,17H,9-10,12H2,1H3,(H,23,25). The Hall–Kier alpha value is -2.99. The number of fused-ring (bicyclic) bond motifs is 1. The average molecular weight is 363 g/mol. The van der Waals surface area contributed by atoms with E-state index in [9.17, 15) is 9.59 Å². The van der Waals surface area contributed by atoms with Crippen molar-refractivity contribution >= 4 is 22.5 Å². The summed E-state index contributed by atoms with van der Waals surface area (Å²) < 4.78 is 6.92. The summed E-state index contributed by atoms with van der Waals surface area (Å²) >= 11 is 0. The van der Waals surface area contributed by atoms with Crippen molar-refractivity contribution in [2.75, 3.05) is 18.5 Å². The summed E-state index contributed by atoms with van der Waals surface area (Å²) in [4.78, 5) is 29.9. The highest BCUT2D eigenvalue weighted by Crippen LogP contribution is 2.24. The van der Waals surface area contributed by atoms with Crippen molar-refractivity contribution < 1.29 is 9.53 Å².